The first kappa shape index (κ1) is 16.5. The number of pyridine rings is 1. The van der Waals surface area contributed by atoms with Crippen molar-refractivity contribution in [3.05, 3.63) is 70.2 Å². The van der Waals surface area contributed by atoms with E-state index in [0.717, 1.165) is 21.0 Å². The van der Waals surface area contributed by atoms with Crippen LogP contribution >= 0.6 is 15.9 Å². The average molecular weight is 411 g/mol. The molecular weight excluding hydrogens is 396 g/mol. The second-order valence-corrected chi connectivity index (χ2v) is 6.94. The van der Waals surface area contributed by atoms with E-state index < -0.39 is 11.7 Å². The molecule has 0 unspecified atom stereocenters. The summed E-state index contributed by atoms with van der Waals surface area (Å²) in [5.41, 5.74) is 3.39. The van der Waals surface area contributed by atoms with Gasteiger partial charge in [-0.3, -0.25) is 9.59 Å². The van der Waals surface area contributed by atoms with E-state index in [1.165, 1.54) is 0 Å². The van der Waals surface area contributed by atoms with E-state index in [1.54, 1.807) is 6.92 Å². The molecule has 0 atom stereocenters. The molecule has 0 fully saturated rings. The smallest absolute Gasteiger partial charge is 0.292 e. The number of nitrogens with one attached hydrogen (secondary N) is 2. The maximum absolute atomic E-state index is 12.6. The van der Waals surface area contributed by atoms with Crippen LogP contribution in [0.1, 0.15) is 21.7 Å². The molecule has 3 heterocycles. The zero-order chi connectivity index (χ0) is 18.3. The molecule has 0 aliphatic carbocycles. The number of ketones is 1. The maximum Gasteiger partial charge on any atom is 0.292 e. The molecular formula is C19H15BrN4O2. The van der Waals surface area contributed by atoms with Gasteiger partial charge in [0.2, 0.25) is 0 Å². The summed E-state index contributed by atoms with van der Waals surface area (Å²) in [6.45, 7) is 1.98. The standard InChI is InChI=1S/C19H15BrN4O2/c1-11-17(14-4-2-3-5-15(14)22-11)18(25)19(26)21-8-13-10-24-9-12(20)6-7-16(24)23-13/h2-7,9-10,22H,8H2,1H3,(H,21,26). The van der Waals surface area contributed by atoms with Gasteiger partial charge in [0.25, 0.3) is 11.7 Å². The Morgan fingerprint density at radius 2 is 2.00 bits per heavy atom. The van der Waals surface area contributed by atoms with Gasteiger partial charge >= 0.3 is 0 Å². The highest BCUT2D eigenvalue weighted by atomic mass is 79.9. The predicted molar refractivity (Wildman–Crippen MR) is 102 cm³/mol. The third kappa shape index (κ3) is 2.90. The number of para-hydroxylation sites is 1. The highest BCUT2D eigenvalue weighted by Gasteiger charge is 2.22. The highest BCUT2D eigenvalue weighted by Crippen LogP contribution is 2.22. The second-order valence-electron chi connectivity index (χ2n) is 6.03. The minimum atomic E-state index is -0.643. The number of aromatic nitrogens is 3. The van der Waals surface area contributed by atoms with Crippen molar-refractivity contribution in [2.75, 3.05) is 0 Å². The Hall–Kier alpha value is -2.93. The molecule has 0 saturated carbocycles. The van der Waals surface area contributed by atoms with Gasteiger partial charge in [0.1, 0.15) is 5.65 Å². The quantitative estimate of drug-likeness (QED) is 0.399. The lowest BCUT2D eigenvalue weighted by molar-refractivity contribution is -0.117. The van der Waals surface area contributed by atoms with Crippen LogP contribution in [0.3, 0.4) is 0 Å². The number of fused-ring (bicyclic) bond motifs is 2. The molecule has 1 aromatic carbocycles. The summed E-state index contributed by atoms with van der Waals surface area (Å²) in [4.78, 5) is 32.5. The molecule has 1 amide bonds. The molecule has 2 N–H and O–H groups in total. The number of aromatic amines is 1. The third-order valence-corrected chi connectivity index (χ3v) is 4.69. The van der Waals surface area contributed by atoms with Crippen molar-refractivity contribution in [1.29, 1.82) is 0 Å². The summed E-state index contributed by atoms with van der Waals surface area (Å²) >= 11 is 3.41. The number of hydrogen-bond donors (Lipinski definition) is 2. The van der Waals surface area contributed by atoms with E-state index in [0.29, 0.717) is 17.0 Å². The van der Waals surface area contributed by atoms with E-state index in [9.17, 15) is 9.59 Å². The molecule has 0 aliphatic rings. The fraction of sp³-hybridized carbons (Fsp3) is 0.105. The van der Waals surface area contributed by atoms with Crippen LogP contribution in [0.25, 0.3) is 16.6 Å². The number of H-pyrrole nitrogens is 1. The van der Waals surface area contributed by atoms with Gasteiger partial charge in [-0.2, -0.15) is 0 Å². The number of carbonyl (C=O) groups excluding carboxylic acids is 2. The number of Topliss-reactive ketones (excluding diaryl/α,β-unsaturated/α-hetero) is 1. The van der Waals surface area contributed by atoms with Crippen LogP contribution in [-0.4, -0.2) is 26.1 Å². The molecule has 6 nitrogen and oxygen atoms in total. The van der Waals surface area contributed by atoms with E-state index in [4.69, 9.17) is 0 Å². The van der Waals surface area contributed by atoms with Crippen LogP contribution in [0.15, 0.2) is 53.3 Å². The van der Waals surface area contributed by atoms with Gasteiger partial charge in [-0.25, -0.2) is 4.98 Å². The number of halogens is 1. The van der Waals surface area contributed by atoms with Gasteiger partial charge in [0.15, 0.2) is 0 Å². The molecule has 0 bridgehead atoms. The van der Waals surface area contributed by atoms with Crippen molar-refractivity contribution in [3.8, 4) is 0 Å². The molecule has 4 aromatic rings. The topological polar surface area (TPSA) is 79.3 Å². The normalized spacial score (nSPS) is 11.2. The molecule has 4 rings (SSSR count). The van der Waals surface area contributed by atoms with Crippen LogP contribution in [0, 0.1) is 6.92 Å². The number of benzene rings is 1. The highest BCUT2D eigenvalue weighted by molar-refractivity contribution is 9.10. The maximum atomic E-state index is 12.6. The Kier molecular flexibility index (Phi) is 4.08. The van der Waals surface area contributed by atoms with Crippen molar-refractivity contribution in [1.82, 2.24) is 19.7 Å². The Morgan fingerprint density at radius 3 is 2.85 bits per heavy atom. The lowest BCUT2D eigenvalue weighted by Crippen LogP contribution is -2.31. The van der Waals surface area contributed by atoms with Gasteiger partial charge in [0, 0.05) is 33.5 Å². The summed E-state index contributed by atoms with van der Waals surface area (Å²) in [6, 6.07) is 11.2. The lowest BCUT2D eigenvalue weighted by atomic mass is 10.1. The van der Waals surface area contributed by atoms with Crippen molar-refractivity contribution in [2.24, 2.45) is 0 Å². The first-order valence-corrected chi connectivity index (χ1v) is 8.85. The fourth-order valence-corrected chi connectivity index (χ4v) is 3.39. The number of rotatable bonds is 4. The Balaban J connectivity index is 1.53. The summed E-state index contributed by atoms with van der Waals surface area (Å²) < 4.78 is 2.79. The van der Waals surface area contributed by atoms with E-state index >= 15 is 0 Å². The minimum Gasteiger partial charge on any atom is -0.358 e. The van der Waals surface area contributed by atoms with E-state index in [1.807, 2.05) is 53.2 Å². The first-order chi connectivity index (χ1) is 12.5. The number of aryl methyl sites for hydroxylation is 1. The first-order valence-electron chi connectivity index (χ1n) is 8.06. The summed E-state index contributed by atoms with van der Waals surface area (Å²) in [7, 11) is 0. The zero-order valence-corrected chi connectivity index (χ0v) is 15.5. The average Bonchev–Trinajstić information content (AvgIpc) is 3.18. The third-order valence-electron chi connectivity index (χ3n) is 4.22. The Bertz CT molecular complexity index is 1160. The number of hydrogen-bond acceptors (Lipinski definition) is 3. The molecule has 3 aromatic heterocycles. The summed E-state index contributed by atoms with van der Waals surface area (Å²) in [6.07, 6.45) is 3.70. The van der Waals surface area contributed by atoms with Crippen LogP contribution in [0.4, 0.5) is 0 Å². The predicted octanol–water partition coefficient (Wildman–Crippen LogP) is 3.39. The van der Waals surface area contributed by atoms with Gasteiger partial charge in [-0.05, 0) is 41.1 Å². The molecule has 130 valence electrons. The fourth-order valence-electron chi connectivity index (χ4n) is 3.04. The zero-order valence-electron chi connectivity index (χ0n) is 13.9. The molecule has 7 heteroatoms. The van der Waals surface area contributed by atoms with E-state index in [-0.39, 0.29) is 6.54 Å². The van der Waals surface area contributed by atoms with Crippen molar-refractivity contribution < 1.29 is 9.59 Å². The summed E-state index contributed by atoms with van der Waals surface area (Å²) in [5.74, 6) is -1.19. The van der Waals surface area contributed by atoms with Gasteiger partial charge in [-0.1, -0.05) is 18.2 Å². The molecule has 0 aliphatic heterocycles. The van der Waals surface area contributed by atoms with Crippen molar-refractivity contribution in [2.45, 2.75) is 13.5 Å². The van der Waals surface area contributed by atoms with Gasteiger partial charge < -0.3 is 14.7 Å². The van der Waals surface area contributed by atoms with E-state index in [2.05, 4.69) is 31.2 Å². The molecule has 0 spiro atoms. The Morgan fingerprint density at radius 1 is 1.19 bits per heavy atom. The monoisotopic (exact) mass is 410 g/mol. The largest absolute Gasteiger partial charge is 0.358 e. The van der Waals surface area contributed by atoms with Crippen LogP contribution in [-0.2, 0) is 11.3 Å². The van der Waals surface area contributed by atoms with Crippen molar-refractivity contribution >= 4 is 44.2 Å². The van der Waals surface area contributed by atoms with Crippen LogP contribution < -0.4 is 5.32 Å². The SMILES string of the molecule is Cc1[nH]c2ccccc2c1C(=O)C(=O)NCc1cn2cc(Br)ccc2n1. The lowest BCUT2D eigenvalue weighted by Gasteiger charge is -2.03. The van der Waals surface area contributed by atoms with Crippen LogP contribution in [0.5, 0.6) is 0 Å². The van der Waals surface area contributed by atoms with Gasteiger partial charge in [-0.15, -0.1) is 0 Å². The van der Waals surface area contributed by atoms with Crippen LogP contribution in [0.2, 0.25) is 0 Å². The number of imidazole rings is 1. The second kappa shape index (κ2) is 6.42. The minimum absolute atomic E-state index is 0.186. The molecule has 0 saturated heterocycles. The summed E-state index contributed by atoms with van der Waals surface area (Å²) in [5, 5.41) is 3.42. The molecule has 0 radical (unpaired) electrons. The number of nitrogens with zero attached hydrogens (tertiary/aromatic N) is 2. The van der Waals surface area contributed by atoms with Crippen molar-refractivity contribution in [3.63, 3.8) is 0 Å². The number of carbonyl (C=O) groups is 2. The number of amides is 1. The Labute approximate surface area is 157 Å². The molecule has 26 heavy (non-hydrogen) atoms. The van der Waals surface area contributed by atoms with Gasteiger partial charge in [0.05, 0.1) is 17.8 Å².